The normalized spacial score (nSPS) is 17.8. The van der Waals surface area contributed by atoms with Gasteiger partial charge in [-0.25, -0.2) is 4.79 Å². The molecular weight excluding hydrogens is 254 g/mol. The van der Waals surface area contributed by atoms with Crippen LogP contribution < -0.4 is 5.32 Å². The van der Waals surface area contributed by atoms with Crippen LogP contribution in [0.1, 0.15) is 37.7 Å². The number of hydrogen-bond acceptors (Lipinski definition) is 2. The number of carboxylic acid groups (broad SMARTS) is 1. The average molecular weight is 273 g/mol. The molecule has 1 aromatic carbocycles. The van der Waals surface area contributed by atoms with Crippen molar-refractivity contribution in [3.05, 3.63) is 42.0 Å². The Kier molecular flexibility index (Phi) is 4.56. The van der Waals surface area contributed by atoms with Crippen LogP contribution in [0.25, 0.3) is 6.08 Å². The maximum absolute atomic E-state index is 11.9. The number of hydrogen-bond donors (Lipinski definition) is 2. The Morgan fingerprint density at radius 1 is 1.10 bits per heavy atom. The van der Waals surface area contributed by atoms with E-state index < -0.39 is 11.5 Å². The minimum Gasteiger partial charge on any atom is -0.480 e. The van der Waals surface area contributed by atoms with Crippen molar-refractivity contribution in [3.63, 3.8) is 0 Å². The summed E-state index contributed by atoms with van der Waals surface area (Å²) in [4.78, 5) is 23.4. The predicted octanol–water partition coefficient (Wildman–Crippen LogP) is 2.60. The quantitative estimate of drug-likeness (QED) is 0.829. The van der Waals surface area contributed by atoms with Gasteiger partial charge in [0, 0.05) is 6.08 Å². The van der Waals surface area contributed by atoms with Crippen molar-refractivity contribution in [1.82, 2.24) is 5.32 Å². The first-order valence-corrected chi connectivity index (χ1v) is 6.91. The van der Waals surface area contributed by atoms with Crippen LogP contribution in [-0.4, -0.2) is 22.5 Å². The topological polar surface area (TPSA) is 66.4 Å². The summed E-state index contributed by atoms with van der Waals surface area (Å²) in [6.07, 6.45) is 6.82. The summed E-state index contributed by atoms with van der Waals surface area (Å²) in [5.41, 5.74) is -0.174. The number of carbonyl (C=O) groups is 2. The second-order valence-electron chi connectivity index (χ2n) is 5.18. The zero-order valence-corrected chi connectivity index (χ0v) is 11.3. The third-order valence-corrected chi connectivity index (χ3v) is 3.71. The molecule has 0 unspecified atom stereocenters. The molecule has 1 amide bonds. The number of amides is 1. The molecule has 0 bridgehead atoms. The number of nitrogens with one attached hydrogen (secondary N) is 1. The lowest BCUT2D eigenvalue weighted by Crippen LogP contribution is -2.55. The SMILES string of the molecule is O=C(C=Cc1ccccc1)NC1(C(=O)O)CCCCC1. The van der Waals surface area contributed by atoms with Crippen molar-refractivity contribution < 1.29 is 14.7 Å². The van der Waals surface area contributed by atoms with Gasteiger partial charge in [0.05, 0.1) is 0 Å². The molecule has 2 N–H and O–H groups in total. The van der Waals surface area contributed by atoms with Gasteiger partial charge < -0.3 is 10.4 Å². The Bertz CT molecular complexity index is 502. The first-order chi connectivity index (χ1) is 9.62. The molecule has 1 aliphatic rings. The number of aliphatic carboxylic acids is 1. The summed E-state index contributed by atoms with van der Waals surface area (Å²) in [6.45, 7) is 0. The third-order valence-electron chi connectivity index (χ3n) is 3.71. The van der Waals surface area contributed by atoms with Gasteiger partial charge in [-0.3, -0.25) is 4.79 Å². The van der Waals surface area contributed by atoms with Crippen molar-refractivity contribution in [2.24, 2.45) is 0 Å². The van der Waals surface area contributed by atoms with Gasteiger partial charge in [-0.2, -0.15) is 0 Å². The standard InChI is InChI=1S/C16H19NO3/c18-14(10-9-13-7-3-1-4-8-13)17-16(15(19)20)11-5-2-6-12-16/h1,3-4,7-10H,2,5-6,11-12H2,(H,17,18)(H,19,20). The summed E-state index contributed by atoms with van der Waals surface area (Å²) in [7, 11) is 0. The Hall–Kier alpha value is -2.10. The molecule has 1 aliphatic carbocycles. The molecule has 106 valence electrons. The van der Waals surface area contributed by atoms with E-state index in [1.165, 1.54) is 6.08 Å². The zero-order valence-electron chi connectivity index (χ0n) is 11.3. The predicted molar refractivity (Wildman–Crippen MR) is 77.1 cm³/mol. The zero-order chi connectivity index (χ0) is 14.4. The highest BCUT2D eigenvalue weighted by Crippen LogP contribution is 2.28. The number of carbonyl (C=O) groups excluding carboxylic acids is 1. The molecule has 4 nitrogen and oxygen atoms in total. The fourth-order valence-electron chi connectivity index (χ4n) is 2.56. The lowest BCUT2D eigenvalue weighted by atomic mass is 9.81. The number of carboxylic acids is 1. The Labute approximate surface area is 118 Å². The van der Waals surface area contributed by atoms with E-state index in [0.29, 0.717) is 12.8 Å². The van der Waals surface area contributed by atoms with E-state index in [1.54, 1.807) is 6.08 Å². The number of benzene rings is 1. The fourth-order valence-corrected chi connectivity index (χ4v) is 2.56. The monoisotopic (exact) mass is 273 g/mol. The molecule has 1 aromatic rings. The van der Waals surface area contributed by atoms with Crippen LogP contribution in [0.3, 0.4) is 0 Å². The third kappa shape index (κ3) is 3.47. The summed E-state index contributed by atoms with van der Waals surface area (Å²) in [6, 6.07) is 9.45. The van der Waals surface area contributed by atoms with Gasteiger partial charge in [0.2, 0.25) is 5.91 Å². The summed E-state index contributed by atoms with van der Waals surface area (Å²) < 4.78 is 0. The maximum atomic E-state index is 11.9. The van der Waals surface area contributed by atoms with Gasteiger partial charge in [-0.05, 0) is 24.5 Å². The van der Waals surface area contributed by atoms with Gasteiger partial charge in [0.15, 0.2) is 0 Å². The molecule has 20 heavy (non-hydrogen) atoms. The second kappa shape index (κ2) is 6.37. The van der Waals surface area contributed by atoms with E-state index in [9.17, 15) is 14.7 Å². The molecular formula is C16H19NO3. The van der Waals surface area contributed by atoms with Crippen molar-refractivity contribution >= 4 is 18.0 Å². The largest absolute Gasteiger partial charge is 0.480 e. The minimum absolute atomic E-state index is 0.349. The molecule has 0 heterocycles. The maximum Gasteiger partial charge on any atom is 0.329 e. The van der Waals surface area contributed by atoms with E-state index in [1.807, 2.05) is 30.3 Å². The van der Waals surface area contributed by atoms with Gasteiger partial charge >= 0.3 is 5.97 Å². The van der Waals surface area contributed by atoms with Crippen LogP contribution in [0.15, 0.2) is 36.4 Å². The second-order valence-corrected chi connectivity index (χ2v) is 5.18. The van der Waals surface area contributed by atoms with Crippen LogP contribution in [0, 0.1) is 0 Å². The Morgan fingerprint density at radius 2 is 1.75 bits per heavy atom. The Morgan fingerprint density at radius 3 is 2.35 bits per heavy atom. The molecule has 0 aliphatic heterocycles. The highest BCUT2D eigenvalue weighted by atomic mass is 16.4. The van der Waals surface area contributed by atoms with Crippen LogP contribution in [-0.2, 0) is 9.59 Å². The molecule has 0 atom stereocenters. The van der Waals surface area contributed by atoms with Gasteiger partial charge in [-0.15, -0.1) is 0 Å². The Balaban J connectivity index is 2.02. The molecule has 0 aromatic heterocycles. The first-order valence-electron chi connectivity index (χ1n) is 6.91. The van der Waals surface area contributed by atoms with E-state index in [-0.39, 0.29) is 5.91 Å². The number of rotatable bonds is 4. The van der Waals surface area contributed by atoms with Crippen molar-refractivity contribution in [2.75, 3.05) is 0 Å². The highest BCUT2D eigenvalue weighted by Gasteiger charge is 2.40. The van der Waals surface area contributed by atoms with E-state index in [2.05, 4.69) is 5.32 Å². The molecule has 4 heteroatoms. The van der Waals surface area contributed by atoms with Gasteiger partial charge in [-0.1, -0.05) is 49.6 Å². The average Bonchev–Trinajstić information content (AvgIpc) is 2.47. The van der Waals surface area contributed by atoms with Crippen LogP contribution in [0.5, 0.6) is 0 Å². The molecule has 0 spiro atoms. The summed E-state index contributed by atoms with van der Waals surface area (Å²) in [5, 5.41) is 12.1. The summed E-state index contributed by atoms with van der Waals surface area (Å²) in [5.74, 6) is -1.28. The van der Waals surface area contributed by atoms with Crippen molar-refractivity contribution in [1.29, 1.82) is 0 Å². The van der Waals surface area contributed by atoms with Gasteiger partial charge in [0.25, 0.3) is 0 Å². The summed E-state index contributed by atoms with van der Waals surface area (Å²) >= 11 is 0. The van der Waals surface area contributed by atoms with Crippen LogP contribution >= 0.6 is 0 Å². The van der Waals surface area contributed by atoms with E-state index >= 15 is 0 Å². The lowest BCUT2D eigenvalue weighted by molar-refractivity contribution is -0.148. The molecule has 0 radical (unpaired) electrons. The van der Waals surface area contributed by atoms with Crippen LogP contribution in [0.4, 0.5) is 0 Å². The molecule has 2 rings (SSSR count). The molecule has 0 saturated heterocycles. The molecule has 1 saturated carbocycles. The minimum atomic E-state index is -1.09. The smallest absolute Gasteiger partial charge is 0.329 e. The van der Waals surface area contributed by atoms with Crippen LogP contribution in [0.2, 0.25) is 0 Å². The fraction of sp³-hybridized carbons (Fsp3) is 0.375. The van der Waals surface area contributed by atoms with Crippen molar-refractivity contribution in [3.8, 4) is 0 Å². The van der Waals surface area contributed by atoms with Crippen molar-refractivity contribution in [2.45, 2.75) is 37.6 Å². The molecule has 1 fully saturated rings. The lowest BCUT2D eigenvalue weighted by Gasteiger charge is -2.33. The van der Waals surface area contributed by atoms with Gasteiger partial charge in [0.1, 0.15) is 5.54 Å². The van der Waals surface area contributed by atoms with E-state index in [4.69, 9.17) is 0 Å². The first kappa shape index (κ1) is 14.3. The van der Waals surface area contributed by atoms with E-state index in [0.717, 1.165) is 24.8 Å². The highest BCUT2D eigenvalue weighted by molar-refractivity contribution is 5.95.